The molecule has 13 heavy (non-hydrogen) atoms. The van der Waals surface area contributed by atoms with Crippen molar-refractivity contribution in [3.63, 3.8) is 0 Å². The van der Waals surface area contributed by atoms with E-state index in [4.69, 9.17) is 0 Å². The second kappa shape index (κ2) is 3.39. The normalized spacial score (nSPS) is 15.5. The van der Waals surface area contributed by atoms with Crippen LogP contribution in [0.5, 0.6) is 0 Å². The fraction of sp³-hybridized carbons (Fsp3) is 0.200. The van der Waals surface area contributed by atoms with E-state index in [1.165, 1.54) is 0 Å². The molecular formula is C10H10N2O. The van der Waals surface area contributed by atoms with Crippen molar-refractivity contribution >= 4 is 5.57 Å². The summed E-state index contributed by atoms with van der Waals surface area (Å²) in [6.45, 7) is 0. The molecular weight excluding hydrogens is 164 g/mol. The molecule has 3 heteroatoms. The van der Waals surface area contributed by atoms with Gasteiger partial charge in [0, 0.05) is 18.0 Å². The quantitative estimate of drug-likeness (QED) is 0.701. The van der Waals surface area contributed by atoms with E-state index in [2.05, 4.69) is 16.0 Å². The van der Waals surface area contributed by atoms with Gasteiger partial charge in [0.15, 0.2) is 0 Å². The third-order valence-corrected chi connectivity index (χ3v) is 1.98. The van der Waals surface area contributed by atoms with Gasteiger partial charge in [-0.05, 0) is 12.8 Å². The van der Waals surface area contributed by atoms with Crippen LogP contribution < -0.4 is 5.56 Å². The van der Waals surface area contributed by atoms with Gasteiger partial charge in [0.1, 0.15) is 5.69 Å². The lowest BCUT2D eigenvalue weighted by Gasteiger charge is -2.03. The van der Waals surface area contributed by atoms with Crippen molar-refractivity contribution in [3.05, 3.63) is 46.7 Å². The van der Waals surface area contributed by atoms with E-state index in [1.54, 1.807) is 12.4 Å². The van der Waals surface area contributed by atoms with Gasteiger partial charge >= 0.3 is 0 Å². The van der Waals surface area contributed by atoms with E-state index >= 15 is 0 Å². The highest BCUT2D eigenvalue weighted by molar-refractivity contribution is 5.71. The lowest BCUT2D eigenvalue weighted by Crippen LogP contribution is -2.12. The summed E-state index contributed by atoms with van der Waals surface area (Å²) in [7, 11) is 0. The fourth-order valence-electron chi connectivity index (χ4n) is 1.35. The van der Waals surface area contributed by atoms with Crippen LogP contribution in [-0.4, -0.2) is 9.97 Å². The molecule has 0 saturated carbocycles. The predicted octanol–water partition coefficient (Wildman–Crippen LogP) is 1.50. The van der Waals surface area contributed by atoms with E-state index in [0.29, 0.717) is 5.69 Å². The van der Waals surface area contributed by atoms with Crippen LogP contribution in [0, 0.1) is 0 Å². The summed E-state index contributed by atoms with van der Waals surface area (Å²) in [5.41, 5.74) is 1.31. The molecule has 0 amide bonds. The Labute approximate surface area is 75.8 Å². The van der Waals surface area contributed by atoms with Crippen LogP contribution in [0.3, 0.4) is 0 Å². The summed E-state index contributed by atoms with van der Waals surface area (Å²) in [5.74, 6) is 0. The lowest BCUT2D eigenvalue weighted by molar-refractivity contribution is 1.03. The molecule has 3 nitrogen and oxygen atoms in total. The Morgan fingerprint density at radius 3 is 3.00 bits per heavy atom. The van der Waals surface area contributed by atoms with Crippen molar-refractivity contribution in [2.24, 2.45) is 0 Å². The highest BCUT2D eigenvalue weighted by atomic mass is 16.1. The smallest absolute Gasteiger partial charge is 0.274 e. The summed E-state index contributed by atoms with van der Waals surface area (Å²) < 4.78 is 0. The molecule has 0 fully saturated rings. The number of aromatic amines is 1. The van der Waals surface area contributed by atoms with Crippen LogP contribution in [0.2, 0.25) is 0 Å². The Balaban J connectivity index is 2.46. The zero-order valence-electron chi connectivity index (χ0n) is 7.16. The number of hydrogen-bond donors (Lipinski definition) is 1. The van der Waals surface area contributed by atoms with Crippen molar-refractivity contribution in [3.8, 4) is 0 Å². The minimum absolute atomic E-state index is 0.125. The minimum Gasteiger partial charge on any atom is -0.326 e. The van der Waals surface area contributed by atoms with Crippen LogP contribution in [0.4, 0.5) is 0 Å². The van der Waals surface area contributed by atoms with Crippen molar-refractivity contribution in [2.45, 2.75) is 12.8 Å². The van der Waals surface area contributed by atoms with Gasteiger partial charge in [0.2, 0.25) is 0 Å². The Morgan fingerprint density at radius 2 is 2.31 bits per heavy atom. The first kappa shape index (κ1) is 7.98. The predicted molar refractivity (Wildman–Crippen MR) is 51.2 cm³/mol. The molecule has 0 spiro atoms. The zero-order chi connectivity index (χ0) is 9.10. The highest BCUT2D eigenvalue weighted by Gasteiger charge is 2.05. The maximum absolute atomic E-state index is 11.3. The number of nitrogens with one attached hydrogen (secondary N) is 1. The average molecular weight is 174 g/mol. The largest absolute Gasteiger partial charge is 0.326 e. The second-order valence-electron chi connectivity index (χ2n) is 2.91. The van der Waals surface area contributed by atoms with Crippen LogP contribution in [-0.2, 0) is 0 Å². The van der Waals surface area contributed by atoms with Gasteiger partial charge < -0.3 is 4.98 Å². The minimum atomic E-state index is -0.125. The number of nitrogens with zero attached hydrogens (tertiary/aromatic N) is 1. The van der Waals surface area contributed by atoms with Gasteiger partial charge in [-0.3, -0.25) is 4.79 Å². The van der Waals surface area contributed by atoms with Crippen LogP contribution in [0.25, 0.3) is 5.57 Å². The third kappa shape index (κ3) is 1.59. The standard InChI is InChI=1S/C10H10N2O/c13-10-9(11-6-7-12-10)8-4-2-1-3-5-8/h2,4-7H,1,3H2,(H,12,13). The van der Waals surface area contributed by atoms with Crippen LogP contribution >= 0.6 is 0 Å². The molecule has 0 aromatic carbocycles. The van der Waals surface area contributed by atoms with Crippen LogP contribution in [0.1, 0.15) is 18.5 Å². The average Bonchev–Trinajstić information content (AvgIpc) is 2.20. The molecule has 1 aromatic heterocycles. The van der Waals surface area contributed by atoms with Crippen molar-refractivity contribution in [2.75, 3.05) is 0 Å². The maximum atomic E-state index is 11.3. The van der Waals surface area contributed by atoms with E-state index in [0.717, 1.165) is 18.4 Å². The maximum Gasteiger partial charge on any atom is 0.274 e. The number of allylic oxidation sites excluding steroid dienone is 4. The fourth-order valence-corrected chi connectivity index (χ4v) is 1.35. The van der Waals surface area contributed by atoms with Gasteiger partial charge in [-0.1, -0.05) is 18.2 Å². The number of aromatic nitrogens is 2. The number of H-pyrrole nitrogens is 1. The van der Waals surface area contributed by atoms with Crippen molar-refractivity contribution in [1.29, 1.82) is 0 Å². The lowest BCUT2D eigenvalue weighted by atomic mass is 10.0. The summed E-state index contributed by atoms with van der Waals surface area (Å²) in [5, 5.41) is 0. The Kier molecular flexibility index (Phi) is 2.08. The number of hydrogen-bond acceptors (Lipinski definition) is 2. The molecule has 2 rings (SSSR count). The van der Waals surface area contributed by atoms with Gasteiger partial charge in [-0.25, -0.2) is 4.98 Å². The van der Waals surface area contributed by atoms with Crippen molar-refractivity contribution in [1.82, 2.24) is 9.97 Å². The topological polar surface area (TPSA) is 45.8 Å². The third-order valence-electron chi connectivity index (χ3n) is 1.98. The summed E-state index contributed by atoms with van der Waals surface area (Å²) in [6.07, 6.45) is 11.2. The molecule has 1 aliphatic carbocycles. The number of rotatable bonds is 1. The SMILES string of the molecule is O=c1[nH]ccnc1C1=CCCC=C1. The van der Waals surface area contributed by atoms with E-state index < -0.39 is 0 Å². The summed E-state index contributed by atoms with van der Waals surface area (Å²) in [6, 6.07) is 0. The Morgan fingerprint density at radius 1 is 1.38 bits per heavy atom. The van der Waals surface area contributed by atoms with E-state index in [-0.39, 0.29) is 5.56 Å². The molecule has 0 radical (unpaired) electrons. The molecule has 0 unspecified atom stereocenters. The van der Waals surface area contributed by atoms with E-state index in [9.17, 15) is 4.79 Å². The van der Waals surface area contributed by atoms with E-state index in [1.807, 2.05) is 12.2 Å². The Bertz CT molecular complexity index is 415. The zero-order valence-corrected chi connectivity index (χ0v) is 7.16. The summed E-state index contributed by atoms with van der Waals surface area (Å²) in [4.78, 5) is 18.0. The van der Waals surface area contributed by atoms with Gasteiger partial charge in [0.25, 0.3) is 5.56 Å². The Hall–Kier alpha value is -1.64. The van der Waals surface area contributed by atoms with Crippen molar-refractivity contribution < 1.29 is 0 Å². The molecule has 0 bridgehead atoms. The van der Waals surface area contributed by atoms with Gasteiger partial charge in [-0.15, -0.1) is 0 Å². The first-order chi connectivity index (χ1) is 6.38. The first-order valence-electron chi connectivity index (χ1n) is 4.29. The molecule has 1 aromatic rings. The van der Waals surface area contributed by atoms with Gasteiger partial charge in [-0.2, -0.15) is 0 Å². The van der Waals surface area contributed by atoms with Crippen LogP contribution in [0.15, 0.2) is 35.4 Å². The molecule has 0 atom stereocenters. The first-order valence-corrected chi connectivity index (χ1v) is 4.29. The molecule has 66 valence electrons. The molecule has 1 heterocycles. The molecule has 1 aliphatic rings. The molecule has 0 saturated heterocycles. The van der Waals surface area contributed by atoms with Gasteiger partial charge in [0.05, 0.1) is 0 Å². The molecule has 1 N–H and O–H groups in total. The second-order valence-corrected chi connectivity index (χ2v) is 2.91. The highest BCUT2D eigenvalue weighted by Crippen LogP contribution is 2.15. The monoisotopic (exact) mass is 174 g/mol. The molecule has 0 aliphatic heterocycles. The summed E-state index contributed by atoms with van der Waals surface area (Å²) >= 11 is 0.